The topological polar surface area (TPSA) is 96.0 Å². The summed E-state index contributed by atoms with van der Waals surface area (Å²) in [5.41, 5.74) is 1.13. The number of nitrogens with one attached hydrogen (secondary N) is 1. The molecule has 0 bridgehead atoms. The summed E-state index contributed by atoms with van der Waals surface area (Å²) in [6, 6.07) is 21.4. The number of ether oxygens (including phenoxy) is 1. The largest absolute Gasteiger partial charge is 0.494 e. The molecule has 218 valence electrons. The van der Waals surface area contributed by atoms with Crippen LogP contribution in [-0.4, -0.2) is 50.4 Å². The van der Waals surface area contributed by atoms with Crippen LogP contribution in [0.15, 0.2) is 88.2 Å². The lowest BCUT2D eigenvalue weighted by Crippen LogP contribution is -2.52. The third-order valence-corrected chi connectivity index (χ3v) is 9.44. The van der Waals surface area contributed by atoms with Crippen LogP contribution in [0.25, 0.3) is 0 Å². The maximum absolute atomic E-state index is 14.1. The predicted octanol–water partition coefficient (Wildman–Crippen LogP) is 5.52. The van der Waals surface area contributed by atoms with Crippen molar-refractivity contribution >= 4 is 43.5 Å². The molecule has 0 heterocycles. The van der Waals surface area contributed by atoms with Gasteiger partial charge in [0.05, 0.1) is 17.2 Å². The van der Waals surface area contributed by atoms with Crippen molar-refractivity contribution in [1.82, 2.24) is 10.2 Å². The molecule has 1 saturated carbocycles. The summed E-state index contributed by atoms with van der Waals surface area (Å²) in [6.07, 6.45) is 3.96. The lowest BCUT2D eigenvalue weighted by Gasteiger charge is -2.32. The van der Waals surface area contributed by atoms with Crippen molar-refractivity contribution in [2.24, 2.45) is 0 Å². The smallest absolute Gasteiger partial charge is 0.264 e. The number of benzene rings is 3. The van der Waals surface area contributed by atoms with Crippen molar-refractivity contribution in [1.29, 1.82) is 0 Å². The number of amides is 2. The molecular formula is C31H36BrN3O5S. The van der Waals surface area contributed by atoms with E-state index in [0.29, 0.717) is 18.0 Å². The van der Waals surface area contributed by atoms with Gasteiger partial charge in [0, 0.05) is 17.1 Å². The van der Waals surface area contributed by atoms with Gasteiger partial charge in [0.1, 0.15) is 18.3 Å². The summed E-state index contributed by atoms with van der Waals surface area (Å²) in [6.45, 7) is 3.67. The van der Waals surface area contributed by atoms with Crippen LogP contribution in [0.3, 0.4) is 0 Å². The lowest BCUT2D eigenvalue weighted by molar-refractivity contribution is -0.139. The minimum Gasteiger partial charge on any atom is -0.494 e. The number of anilines is 1. The van der Waals surface area contributed by atoms with Gasteiger partial charge in [-0.15, -0.1) is 0 Å². The number of nitrogens with zero attached hydrogens (tertiary/aromatic N) is 2. The minimum absolute atomic E-state index is 0.0623. The normalized spacial score (nSPS) is 14.3. The molecule has 4 rings (SSSR count). The van der Waals surface area contributed by atoms with E-state index in [4.69, 9.17) is 4.74 Å². The van der Waals surface area contributed by atoms with Crippen LogP contribution in [0.2, 0.25) is 0 Å². The molecule has 41 heavy (non-hydrogen) atoms. The predicted molar refractivity (Wildman–Crippen MR) is 163 cm³/mol. The molecule has 0 saturated heterocycles. The molecule has 0 aromatic heterocycles. The molecule has 0 spiro atoms. The van der Waals surface area contributed by atoms with Gasteiger partial charge in [-0.1, -0.05) is 59.1 Å². The Bertz CT molecular complexity index is 1430. The van der Waals surface area contributed by atoms with Crippen LogP contribution in [0.5, 0.6) is 5.75 Å². The number of halogens is 1. The van der Waals surface area contributed by atoms with E-state index in [0.717, 1.165) is 40.0 Å². The van der Waals surface area contributed by atoms with Crippen molar-refractivity contribution in [3.05, 3.63) is 88.9 Å². The van der Waals surface area contributed by atoms with E-state index in [-0.39, 0.29) is 23.4 Å². The number of carbonyl (C=O) groups excluding carboxylic acids is 2. The molecule has 3 aromatic rings. The summed E-state index contributed by atoms with van der Waals surface area (Å²) >= 11 is 3.47. The highest BCUT2D eigenvalue weighted by Gasteiger charge is 2.33. The zero-order chi connectivity index (χ0) is 29.4. The first-order valence-corrected chi connectivity index (χ1v) is 16.1. The average molecular weight is 643 g/mol. The molecule has 8 nitrogen and oxygen atoms in total. The van der Waals surface area contributed by atoms with E-state index in [9.17, 15) is 18.0 Å². The van der Waals surface area contributed by atoms with Gasteiger partial charge in [-0.2, -0.15) is 0 Å². The Hall–Kier alpha value is -3.37. The number of rotatable bonds is 12. The van der Waals surface area contributed by atoms with Crippen LogP contribution in [0, 0.1) is 0 Å². The molecular weight excluding hydrogens is 606 g/mol. The summed E-state index contributed by atoms with van der Waals surface area (Å²) in [4.78, 5) is 28.9. The Morgan fingerprint density at radius 1 is 1.00 bits per heavy atom. The molecule has 1 N–H and O–H groups in total. The minimum atomic E-state index is -4.12. The van der Waals surface area contributed by atoms with E-state index < -0.39 is 28.5 Å². The molecule has 1 fully saturated rings. The van der Waals surface area contributed by atoms with Crippen molar-refractivity contribution < 1.29 is 22.7 Å². The molecule has 0 unspecified atom stereocenters. The van der Waals surface area contributed by atoms with Gasteiger partial charge in [-0.05, 0) is 80.8 Å². The summed E-state index contributed by atoms with van der Waals surface area (Å²) < 4.78 is 35.2. The summed E-state index contributed by atoms with van der Waals surface area (Å²) in [5.74, 6) is -0.153. The van der Waals surface area contributed by atoms with Crippen molar-refractivity contribution in [2.45, 2.75) is 63.1 Å². The van der Waals surface area contributed by atoms with Gasteiger partial charge in [-0.25, -0.2) is 8.42 Å². The number of sulfonamides is 1. The SMILES string of the molecule is CCOc1ccc(N(CC(=O)N(Cc2cccc(Br)c2)[C@@H](C)C(=O)NC2CCCC2)S(=O)(=O)c2ccccc2)cc1. The Morgan fingerprint density at radius 2 is 1.68 bits per heavy atom. The first-order chi connectivity index (χ1) is 19.7. The van der Waals surface area contributed by atoms with Crippen LogP contribution in [0.4, 0.5) is 5.69 Å². The second-order valence-corrected chi connectivity index (χ2v) is 12.8. The van der Waals surface area contributed by atoms with E-state index in [1.54, 1.807) is 49.4 Å². The maximum atomic E-state index is 14.1. The van der Waals surface area contributed by atoms with Gasteiger partial charge in [0.15, 0.2) is 0 Å². The first-order valence-electron chi connectivity index (χ1n) is 13.8. The Labute approximate surface area is 250 Å². The highest BCUT2D eigenvalue weighted by atomic mass is 79.9. The zero-order valence-electron chi connectivity index (χ0n) is 23.3. The second-order valence-electron chi connectivity index (χ2n) is 10.1. The third-order valence-electron chi connectivity index (χ3n) is 7.16. The number of carbonyl (C=O) groups is 2. The van der Waals surface area contributed by atoms with E-state index in [1.807, 2.05) is 31.2 Å². The zero-order valence-corrected chi connectivity index (χ0v) is 25.7. The molecule has 10 heteroatoms. The van der Waals surface area contributed by atoms with E-state index >= 15 is 0 Å². The molecule has 2 amide bonds. The highest BCUT2D eigenvalue weighted by molar-refractivity contribution is 9.10. The van der Waals surface area contributed by atoms with Gasteiger partial charge < -0.3 is 15.0 Å². The van der Waals surface area contributed by atoms with Gasteiger partial charge >= 0.3 is 0 Å². The van der Waals surface area contributed by atoms with Crippen molar-refractivity contribution in [3.63, 3.8) is 0 Å². The number of hydrogen-bond acceptors (Lipinski definition) is 5. The Morgan fingerprint density at radius 3 is 2.32 bits per heavy atom. The fourth-order valence-corrected chi connectivity index (χ4v) is 6.81. The highest BCUT2D eigenvalue weighted by Crippen LogP contribution is 2.27. The Kier molecular flexibility index (Phi) is 10.4. The van der Waals surface area contributed by atoms with Crippen LogP contribution >= 0.6 is 15.9 Å². The van der Waals surface area contributed by atoms with E-state index in [2.05, 4.69) is 21.2 Å². The van der Waals surface area contributed by atoms with Gasteiger partial charge in [0.2, 0.25) is 11.8 Å². The third kappa shape index (κ3) is 7.89. The summed E-state index contributed by atoms with van der Waals surface area (Å²) in [7, 11) is -4.12. The van der Waals surface area contributed by atoms with Gasteiger partial charge in [-0.3, -0.25) is 13.9 Å². The molecule has 1 aliphatic carbocycles. The second kappa shape index (κ2) is 14.0. The molecule has 3 aromatic carbocycles. The fraction of sp³-hybridized carbons (Fsp3) is 0.355. The maximum Gasteiger partial charge on any atom is 0.264 e. The first kappa shape index (κ1) is 30.6. The van der Waals surface area contributed by atoms with Crippen molar-refractivity contribution in [2.75, 3.05) is 17.5 Å². The average Bonchev–Trinajstić information content (AvgIpc) is 3.48. The molecule has 1 atom stereocenters. The van der Waals surface area contributed by atoms with Crippen LogP contribution < -0.4 is 14.4 Å². The summed E-state index contributed by atoms with van der Waals surface area (Å²) in [5, 5.41) is 3.08. The van der Waals surface area contributed by atoms with Crippen LogP contribution in [-0.2, 0) is 26.2 Å². The van der Waals surface area contributed by atoms with Crippen LogP contribution in [0.1, 0.15) is 45.1 Å². The van der Waals surface area contributed by atoms with Gasteiger partial charge in [0.25, 0.3) is 10.0 Å². The van der Waals surface area contributed by atoms with E-state index in [1.165, 1.54) is 17.0 Å². The van der Waals surface area contributed by atoms with Crippen molar-refractivity contribution in [3.8, 4) is 5.75 Å². The molecule has 0 radical (unpaired) electrons. The monoisotopic (exact) mass is 641 g/mol. The quantitative estimate of drug-likeness (QED) is 0.281. The standard InChI is InChI=1S/C31H36BrN3O5S/c1-3-40-28-18-16-27(17-19-28)35(41(38,39)29-14-5-4-6-15-29)22-30(36)34(21-24-10-9-11-25(32)20-24)23(2)31(37)33-26-12-7-8-13-26/h4-6,9-11,14-20,23,26H,3,7-8,12-13,21-22H2,1-2H3,(H,33,37)/t23-/m0/s1. The molecule has 0 aliphatic heterocycles. The fourth-order valence-electron chi connectivity index (χ4n) is 4.93. The lowest BCUT2D eigenvalue weighted by atomic mass is 10.1. The molecule has 1 aliphatic rings. The Balaban J connectivity index is 1.67. The number of hydrogen-bond donors (Lipinski definition) is 1.